The Morgan fingerprint density at radius 1 is 0.947 bits per heavy atom. The highest BCUT2D eigenvalue weighted by molar-refractivity contribution is 5.73. The van der Waals surface area contributed by atoms with Crippen LogP contribution in [0, 0.1) is 0 Å². The number of nitrogens with two attached hydrogens (primary N) is 1. The van der Waals surface area contributed by atoms with E-state index in [9.17, 15) is 0 Å². The van der Waals surface area contributed by atoms with Crippen molar-refractivity contribution in [3.8, 4) is 0 Å². The van der Waals surface area contributed by atoms with Crippen LogP contribution >= 0.6 is 0 Å². The number of para-hydroxylation sites is 3. The summed E-state index contributed by atoms with van der Waals surface area (Å²) in [4.78, 5) is 4.71. The van der Waals surface area contributed by atoms with Crippen LogP contribution in [0.5, 0.6) is 0 Å². The first kappa shape index (κ1) is 11.9. The van der Waals surface area contributed by atoms with Crippen molar-refractivity contribution in [2.75, 3.05) is 35.7 Å². The lowest BCUT2D eigenvalue weighted by molar-refractivity contribution is 0.735. The minimum absolute atomic E-state index is 0.873. The van der Waals surface area contributed by atoms with Crippen LogP contribution in [0.15, 0.2) is 48.5 Å². The first-order chi connectivity index (χ1) is 9.25. The molecule has 2 aromatic carbocycles. The normalized spacial score (nSPS) is 14.4. The second kappa shape index (κ2) is 4.84. The van der Waals surface area contributed by atoms with Crippen molar-refractivity contribution < 1.29 is 0 Å². The molecular formula is C16H19N3. The molecule has 0 bridgehead atoms. The lowest BCUT2D eigenvalue weighted by Gasteiger charge is -2.37. The number of benzene rings is 2. The van der Waals surface area contributed by atoms with Gasteiger partial charge in [0, 0.05) is 32.4 Å². The molecule has 0 atom stereocenters. The lowest BCUT2D eigenvalue weighted by atomic mass is 10.1. The molecule has 0 saturated carbocycles. The number of hydrogen-bond acceptors (Lipinski definition) is 3. The van der Waals surface area contributed by atoms with Gasteiger partial charge in [0.05, 0.1) is 11.4 Å². The summed E-state index contributed by atoms with van der Waals surface area (Å²) in [7, 11) is 2.15. The maximum absolute atomic E-state index is 6.05. The van der Waals surface area contributed by atoms with E-state index in [1.165, 1.54) is 16.9 Å². The third kappa shape index (κ3) is 2.24. The first-order valence-electron chi connectivity index (χ1n) is 6.64. The van der Waals surface area contributed by atoms with E-state index in [-0.39, 0.29) is 0 Å². The molecule has 19 heavy (non-hydrogen) atoms. The second-order valence-electron chi connectivity index (χ2n) is 5.03. The molecule has 2 N–H and O–H groups in total. The number of rotatable bonds is 2. The van der Waals surface area contributed by atoms with Crippen molar-refractivity contribution in [3.05, 3.63) is 54.1 Å². The topological polar surface area (TPSA) is 32.5 Å². The quantitative estimate of drug-likeness (QED) is 0.835. The molecule has 0 aromatic heterocycles. The fourth-order valence-corrected chi connectivity index (χ4v) is 2.61. The minimum Gasteiger partial charge on any atom is -0.398 e. The molecule has 0 spiro atoms. The van der Waals surface area contributed by atoms with E-state index in [0.29, 0.717) is 0 Å². The number of fused-ring (bicyclic) bond motifs is 1. The second-order valence-corrected chi connectivity index (χ2v) is 5.03. The van der Waals surface area contributed by atoms with Gasteiger partial charge in [-0.15, -0.1) is 0 Å². The molecule has 0 saturated heterocycles. The van der Waals surface area contributed by atoms with Gasteiger partial charge < -0.3 is 15.5 Å². The van der Waals surface area contributed by atoms with E-state index < -0.39 is 0 Å². The van der Waals surface area contributed by atoms with Crippen LogP contribution in [-0.2, 0) is 6.54 Å². The number of likely N-dealkylation sites (N-methyl/N-ethyl adjacent to an activating group) is 1. The Balaban J connectivity index is 1.91. The first-order valence-corrected chi connectivity index (χ1v) is 6.64. The summed E-state index contributed by atoms with van der Waals surface area (Å²) in [6.07, 6.45) is 0. The van der Waals surface area contributed by atoms with E-state index in [1.807, 2.05) is 18.2 Å². The van der Waals surface area contributed by atoms with Crippen molar-refractivity contribution in [3.63, 3.8) is 0 Å². The summed E-state index contributed by atoms with van der Waals surface area (Å²) in [5.74, 6) is 0. The molecule has 1 aliphatic rings. The van der Waals surface area contributed by atoms with E-state index in [0.717, 1.165) is 25.3 Å². The number of hydrogen-bond donors (Lipinski definition) is 1. The van der Waals surface area contributed by atoms with Gasteiger partial charge in [0.1, 0.15) is 0 Å². The molecule has 0 radical (unpaired) electrons. The Bertz CT molecular complexity index is 580. The van der Waals surface area contributed by atoms with Crippen molar-refractivity contribution in [2.24, 2.45) is 0 Å². The van der Waals surface area contributed by atoms with E-state index in [4.69, 9.17) is 5.73 Å². The van der Waals surface area contributed by atoms with Gasteiger partial charge in [-0.3, -0.25) is 0 Å². The maximum atomic E-state index is 6.05. The van der Waals surface area contributed by atoms with Crippen LogP contribution < -0.4 is 15.5 Å². The molecule has 0 unspecified atom stereocenters. The molecule has 0 amide bonds. The molecule has 3 heteroatoms. The van der Waals surface area contributed by atoms with Gasteiger partial charge in [0.25, 0.3) is 0 Å². The molecule has 0 aliphatic carbocycles. The highest BCUT2D eigenvalue weighted by atomic mass is 15.2. The SMILES string of the molecule is CN1CCN(Cc2ccccc2N)c2ccccc21. The average molecular weight is 253 g/mol. The van der Waals surface area contributed by atoms with Gasteiger partial charge in [-0.2, -0.15) is 0 Å². The maximum Gasteiger partial charge on any atom is 0.0607 e. The highest BCUT2D eigenvalue weighted by Crippen LogP contribution is 2.33. The third-order valence-electron chi connectivity index (χ3n) is 3.76. The minimum atomic E-state index is 0.873. The van der Waals surface area contributed by atoms with Crippen LogP contribution in [-0.4, -0.2) is 20.1 Å². The van der Waals surface area contributed by atoms with Crippen LogP contribution in [0.3, 0.4) is 0 Å². The Morgan fingerprint density at radius 3 is 2.42 bits per heavy atom. The van der Waals surface area contributed by atoms with Gasteiger partial charge in [-0.1, -0.05) is 30.3 Å². The van der Waals surface area contributed by atoms with Crippen molar-refractivity contribution in [2.45, 2.75) is 6.54 Å². The number of nitrogen functional groups attached to an aromatic ring is 1. The van der Waals surface area contributed by atoms with Gasteiger partial charge in [0.2, 0.25) is 0 Å². The monoisotopic (exact) mass is 253 g/mol. The van der Waals surface area contributed by atoms with Crippen LogP contribution in [0.25, 0.3) is 0 Å². The Labute approximate surface area is 114 Å². The summed E-state index contributed by atoms with van der Waals surface area (Å²) in [6.45, 7) is 2.95. The summed E-state index contributed by atoms with van der Waals surface area (Å²) in [5.41, 5.74) is 10.7. The Morgan fingerprint density at radius 2 is 1.63 bits per heavy atom. The smallest absolute Gasteiger partial charge is 0.0607 e. The van der Waals surface area contributed by atoms with E-state index in [2.05, 4.69) is 47.2 Å². The van der Waals surface area contributed by atoms with Gasteiger partial charge in [-0.05, 0) is 23.8 Å². The largest absolute Gasteiger partial charge is 0.398 e. The molecule has 1 aliphatic heterocycles. The fraction of sp³-hybridized carbons (Fsp3) is 0.250. The lowest BCUT2D eigenvalue weighted by Crippen LogP contribution is -2.38. The van der Waals surface area contributed by atoms with Gasteiger partial charge in [0.15, 0.2) is 0 Å². The number of anilines is 3. The van der Waals surface area contributed by atoms with E-state index in [1.54, 1.807) is 0 Å². The zero-order valence-corrected chi connectivity index (χ0v) is 11.2. The summed E-state index contributed by atoms with van der Waals surface area (Å²) >= 11 is 0. The number of nitrogens with zero attached hydrogens (tertiary/aromatic N) is 2. The molecular weight excluding hydrogens is 234 g/mol. The zero-order valence-electron chi connectivity index (χ0n) is 11.2. The average Bonchev–Trinajstić information content (AvgIpc) is 2.44. The molecule has 3 rings (SSSR count). The standard InChI is InChI=1S/C16H19N3/c1-18-10-11-19(16-9-5-4-8-15(16)18)12-13-6-2-3-7-14(13)17/h2-9H,10-12,17H2,1H3. The molecule has 3 nitrogen and oxygen atoms in total. The van der Waals surface area contributed by atoms with Crippen molar-refractivity contribution in [1.29, 1.82) is 0 Å². The Hall–Kier alpha value is -2.16. The zero-order chi connectivity index (χ0) is 13.2. The van der Waals surface area contributed by atoms with Crippen LogP contribution in [0.4, 0.5) is 17.1 Å². The fourth-order valence-electron chi connectivity index (χ4n) is 2.61. The van der Waals surface area contributed by atoms with Crippen molar-refractivity contribution in [1.82, 2.24) is 0 Å². The molecule has 0 fully saturated rings. The molecule has 1 heterocycles. The van der Waals surface area contributed by atoms with Gasteiger partial charge >= 0.3 is 0 Å². The van der Waals surface area contributed by atoms with E-state index >= 15 is 0 Å². The third-order valence-corrected chi connectivity index (χ3v) is 3.76. The highest BCUT2D eigenvalue weighted by Gasteiger charge is 2.19. The summed E-state index contributed by atoms with van der Waals surface area (Å²) in [5, 5.41) is 0. The predicted molar refractivity (Wildman–Crippen MR) is 81.6 cm³/mol. The summed E-state index contributed by atoms with van der Waals surface area (Å²) < 4.78 is 0. The predicted octanol–water partition coefficient (Wildman–Crippen LogP) is 2.73. The van der Waals surface area contributed by atoms with Gasteiger partial charge in [-0.25, -0.2) is 0 Å². The van der Waals surface area contributed by atoms with Crippen LogP contribution in [0.1, 0.15) is 5.56 Å². The van der Waals surface area contributed by atoms with Crippen molar-refractivity contribution >= 4 is 17.1 Å². The molecule has 2 aromatic rings. The molecule has 98 valence electrons. The Kier molecular flexibility index (Phi) is 3.03. The summed E-state index contributed by atoms with van der Waals surface area (Å²) in [6, 6.07) is 16.7. The van der Waals surface area contributed by atoms with Crippen LogP contribution in [0.2, 0.25) is 0 Å².